The van der Waals surface area contributed by atoms with Crippen LogP contribution in [0.4, 0.5) is 5.69 Å². The average molecular weight is 448 g/mol. The van der Waals surface area contributed by atoms with Crippen LogP contribution in [0.1, 0.15) is 11.1 Å². The molecule has 2 fully saturated rings. The number of imide groups is 1. The number of fused-ring (bicyclic) bond motifs is 5. The molecule has 6 nitrogen and oxygen atoms in total. The third-order valence-corrected chi connectivity index (χ3v) is 6.80. The van der Waals surface area contributed by atoms with E-state index in [-0.39, 0.29) is 17.9 Å². The van der Waals surface area contributed by atoms with Crippen LogP contribution in [0.5, 0.6) is 0 Å². The molecule has 2 saturated heterocycles. The first-order valence-electron chi connectivity index (χ1n) is 10.9. The maximum Gasteiger partial charge on any atom is 0.241 e. The molecule has 2 bridgehead atoms. The number of nitrogens with one attached hydrogen (secondary N) is 2. The van der Waals surface area contributed by atoms with Crippen LogP contribution in [0.15, 0.2) is 66.7 Å². The molecule has 0 aliphatic carbocycles. The second-order valence-corrected chi connectivity index (χ2v) is 9.00. The smallest absolute Gasteiger partial charge is 0.241 e. The zero-order valence-electron chi connectivity index (χ0n) is 17.8. The van der Waals surface area contributed by atoms with E-state index in [1.807, 2.05) is 61.5 Å². The molecule has 164 valence electrons. The summed E-state index contributed by atoms with van der Waals surface area (Å²) in [6.45, 7) is 3.01. The van der Waals surface area contributed by atoms with E-state index < -0.39 is 17.4 Å². The molecule has 0 radical (unpaired) electrons. The number of carbonyl (C=O) groups excluding carboxylic acids is 2. The first-order chi connectivity index (χ1) is 15.5. The molecule has 0 saturated carbocycles. The summed E-state index contributed by atoms with van der Waals surface area (Å²) in [7, 11) is 0. The molecule has 5 rings (SSSR count). The van der Waals surface area contributed by atoms with E-state index in [4.69, 9.17) is 17.0 Å². The Morgan fingerprint density at radius 3 is 2.56 bits per heavy atom. The quantitative estimate of drug-likeness (QED) is 0.403. The van der Waals surface area contributed by atoms with Crippen LogP contribution in [0, 0.1) is 18.8 Å². The Kier molecular flexibility index (Phi) is 5.31. The van der Waals surface area contributed by atoms with E-state index >= 15 is 0 Å². The molecule has 0 unspecified atom stereocenters. The average Bonchev–Trinajstić information content (AvgIpc) is 3.44. The second-order valence-electron chi connectivity index (χ2n) is 8.59. The van der Waals surface area contributed by atoms with Crippen molar-refractivity contribution in [2.24, 2.45) is 11.8 Å². The number of benzene rings is 2. The number of rotatable bonds is 6. The summed E-state index contributed by atoms with van der Waals surface area (Å²) in [5, 5.41) is 6.92. The van der Waals surface area contributed by atoms with Gasteiger partial charge in [0.25, 0.3) is 0 Å². The maximum atomic E-state index is 13.4. The lowest BCUT2D eigenvalue weighted by Gasteiger charge is -2.29. The number of hydrogen-bond donors (Lipinski definition) is 2. The highest BCUT2D eigenvalue weighted by Gasteiger charge is 2.67. The minimum Gasteiger partial charge on any atom is -0.362 e. The first kappa shape index (κ1) is 20.8. The number of anilines is 1. The summed E-state index contributed by atoms with van der Waals surface area (Å²) in [6.07, 6.45) is 4.30. The highest BCUT2D eigenvalue weighted by molar-refractivity contribution is 7.80. The molecule has 2 aromatic rings. The summed E-state index contributed by atoms with van der Waals surface area (Å²) in [4.78, 5) is 27.8. The van der Waals surface area contributed by atoms with Crippen LogP contribution < -0.4 is 15.5 Å². The Morgan fingerprint density at radius 1 is 1.06 bits per heavy atom. The van der Waals surface area contributed by atoms with E-state index in [1.54, 1.807) is 0 Å². The van der Waals surface area contributed by atoms with E-state index in [9.17, 15) is 9.59 Å². The Balaban J connectivity index is 1.24. The van der Waals surface area contributed by atoms with Crippen molar-refractivity contribution in [3.63, 3.8) is 0 Å². The second kappa shape index (κ2) is 8.15. The lowest BCUT2D eigenvalue weighted by molar-refractivity contribution is -0.126. The lowest BCUT2D eigenvalue weighted by atomic mass is 9.77. The van der Waals surface area contributed by atoms with E-state index in [0.29, 0.717) is 23.9 Å². The van der Waals surface area contributed by atoms with Gasteiger partial charge in [0, 0.05) is 6.54 Å². The van der Waals surface area contributed by atoms with Crippen LogP contribution >= 0.6 is 12.2 Å². The number of amides is 2. The van der Waals surface area contributed by atoms with Crippen molar-refractivity contribution in [3.8, 4) is 0 Å². The summed E-state index contributed by atoms with van der Waals surface area (Å²) < 4.78 is 6.17. The van der Waals surface area contributed by atoms with Crippen LogP contribution in [0.25, 0.3) is 0 Å². The molecule has 7 heteroatoms. The number of thiocarbonyl (C=S) groups is 1. The fourth-order valence-corrected chi connectivity index (χ4v) is 5.07. The molecule has 2 aromatic carbocycles. The van der Waals surface area contributed by atoms with Crippen molar-refractivity contribution in [1.29, 1.82) is 0 Å². The SMILES string of the molecule is Cc1ccc(N2C(=O)[C@H]3[C@@H](C2=O)[C@@]2(CNC(=S)NCCc4ccccc4)C=C[C@H]3O2)cc1. The van der Waals surface area contributed by atoms with Gasteiger partial charge < -0.3 is 15.4 Å². The molecule has 3 aliphatic rings. The zero-order chi connectivity index (χ0) is 22.3. The Labute approximate surface area is 192 Å². The number of hydrogen-bond acceptors (Lipinski definition) is 4. The van der Waals surface area contributed by atoms with Crippen molar-refractivity contribution in [2.75, 3.05) is 18.0 Å². The zero-order valence-corrected chi connectivity index (χ0v) is 18.6. The molecule has 3 heterocycles. The van der Waals surface area contributed by atoms with Crippen molar-refractivity contribution in [3.05, 3.63) is 77.9 Å². The monoisotopic (exact) mass is 447 g/mol. The van der Waals surface area contributed by atoms with Gasteiger partial charge in [0.2, 0.25) is 11.8 Å². The summed E-state index contributed by atoms with van der Waals surface area (Å²) in [5.41, 5.74) is 2.05. The maximum absolute atomic E-state index is 13.4. The lowest BCUT2D eigenvalue weighted by Crippen LogP contribution is -2.50. The third-order valence-electron chi connectivity index (χ3n) is 6.51. The van der Waals surface area contributed by atoms with Crippen LogP contribution in [0.2, 0.25) is 0 Å². The summed E-state index contributed by atoms with van der Waals surface area (Å²) in [5.74, 6) is -1.44. The molecule has 2 amide bonds. The fourth-order valence-electron chi connectivity index (χ4n) is 4.90. The molecule has 4 atom stereocenters. The predicted octanol–water partition coefficient (Wildman–Crippen LogP) is 2.51. The normalized spacial score (nSPS) is 27.7. The Morgan fingerprint density at radius 2 is 1.81 bits per heavy atom. The minimum absolute atomic E-state index is 0.191. The predicted molar refractivity (Wildman–Crippen MR) is 126 cm³/mol. The summed E-state index contributed by atoms with van der Waals surface area (Å²) >= 11 is 5.44. The first-order valence-corrected chi connectivity index (χ1v) is 11.3. The topological polar surface area (TPSA) is 70.7 Å². The van der Waals surface area contributed by atoms with Crippen molar-refractivity contribution >= 4 is 34.8 Å². The Hall–Kier alpha value is -3.03. The van der Waals surface area contributed by atoms with Crippen LogP contribution in [-0.2, 0) is 20.7 Å². The van der Waals surface area contributed by atoms with E-state index in [1.165, 1.54) is 10.5 Å². The Bertz CT molecular complexity index is 1090. The van der Waals surface area contributed by atoms with Crippen LogP contribution in [-0.4, -0.2) is 41.7 Å². The third kappa shape index (κ3) is 3.51. The largest absolute Gasteiger partial charge is 0.362 e. The minimum atomic E-state index is -0.868. The van der Waals surface area contributed by atoms with E-state index in [2.05, 4.69) is 22.8 Å². The van der Waals surface area contributed by atoms with Gasteiger partial charge in [-0.1, -0.05) is 60.2 Å². The van der Waals surface area contributed by atoms with Gasteiger partial charge in [-0.15, -0.1) is 0 Å². The number of nitrogens with zero attached hydrogens (tertiary/aromatic N) is 1. The van der Waals surface area contributed by atoms with Crippen molar-refractivity contribution in [1.82, 2.24) is 10.6 Å². The highest BCUT2D eigenvalue weighted by Crippen LogP contribution is 2.52. The van der Waals surface area contributed by atoms with Gasteiger partial charge in [-0.25, -0.2) is 4.90 Å². The standard InChI is InChI=1S/C25H25N3O3S/c1-16-7-9-18(10-8-16)28-22(29)20-19-11-13-25(31-19,21(20)23(28)30)15-27-24(32)26-14-12-17-5-3-2-4-6-17/h2-11,13,19-21H,12,14-15H2,1H3,(H2,26,27,32)/t19-,20-,21+,25+/m1/s1. The van der Waals surface area contributed by atoms with Gasteiger partial charge >= 0.3 is 0 Å². The van der Waals surface area contributed by atoms with Crippen molar-refractivity contribution < 1.29 is 14.3 Å². The fraction of sp³-hybridized carbons (Fsp3) is 0.320. The van der Waals surface area contributed by atoms with Gasteiger partial charge in [-0.2, -0.15) is 0 Å². The van der Waals surface area contributed by atoms with Gasteiger partial charge in [-0.3, -0.25) is 9.59 Å². The van der Waals surface area contributed by atoms with Crippen LogP contribution in [0.3, 0.4) is 0 Å². The summed E-state index contributed by atoms with van der Waals surface area (Å²) in [6, 6.07) is 17.6. The highest BCUT2D eigenvalue weighted by atomic mass is 32.1. The molecule has 0 aromatic heterocycles. The van der Waals surface area contributed by atoms with Crippen molar-refractivity contribution in [2.45, 2.75) is 25.0 Å². The van der Waals surface area contributed by atoms with Gasteiger partial charge in [0.15, 0.2) is 5.11 Å². The van der Waals surface area contributed by atoms with Gasteiger partial charge in [-0.05, 0) is 43.3 Å². The molecular weight excluding hydrogens is 422 g/mol. The van der Waals surface area contributed by atoms with E-state index in [0.717, 1.165) is 12.0 Å². The molecule has 0 spiro atoms. The molecule has 32 heavy (non-hydrogen) atoms. The van der Waals surface area contributed by atoms with Gasteiger partial charge in [0.05, 0.1) is 30.2 Å². The molecule has 2 N–H and O–H groups in total. The molecular formula is C25H25N3O3S. The number of aryl methyl sites for hydroxylation is 1. The van der Waals surface area contributed by atoms with Gasteiger partial charge in [0.1, 0.15) is 5.60 Å². The number of ether oxygens (including phenoxy) is 1. The molecule has 3 aliphatic heterocycles. The number of carbonyl (C=O) groups is 2.